The smallest absolute Gasteiger partial charge is 0.160 e. The van der Waals surface area contributed by atoms with E-state index in [0.29, 0.717) is 22.3 Å². The quantitative estimate of drug-likeness (QED) is 0.0940. The molecular formula is C50H40N2O2. The Morgan fingerprint density at radius 1 is 0.352 bits per heavy atom. The van der Waals surface area contributed by atoms with Crippen molar-refractivity contribution in [3.05, 3.63) is 215 Å². The van der Waals surface area contributed by atoms with Crippen molar-refractivity contribution in [2.24, 2.45) is 0 Å². The standard InChI is InChI=1S/C50H40N2O2/c1-37(53)49-35-42(30-24-40-27-33-48(34-28-40)52(45-19-11-5-12-20-45)46-21-13-6-14-22-46)50(38(2)54)36-41(49)29-23-39-25-31-47(32-26-39)51(43-15-7-3-8-16-43)44-17-9-4-10-18-44/h3-36H,1-2H3/b29-23+,30-24+. The number of para-hydroxylation sites is 4. The Bertz CT molecular complexity index is 2150. The van der Waals surface area contributed by atoms with Crippen molar-refractivity contribution in [2.45, 2.75) is 13.8 Å². The number of ketones is 2. The van der Waals surface area contributed by atoms with E-state index in [2.05, 4.69) is 107 Å². The SMILES string of the molecule is CC(=O)c1cc(/C=C/c2ccc(N(c3ccccc3)c3ccccc3)cc2)c(C(C)=O)cc1/C=C/c1ccc(N(c2ccccc2)c2ccccc2)cc1. The summed E-state index contributed by atoms with van der Waals surface area (Å²) in [6, 6.07) is 61.4. The number of hydrogen-bond donors (Lipinski definition) is 0. The van der Waals surface area contributed by atoms with E-state index in [1.54, 1.807) is 13.8 Å². The van der Waals surface area contributed by atoms with E-state index >= 15 is 0 Å². The summed E-state index contributed by atoms with van der Waals surface area (Å²) in [6.45, 7) is 3.13. The molecule has 0 bridgehead atoms. The van der Waals surface area contributed by atoms with Crippen LogP contribution in [0, 0.1) is 0 Å². The average molecular weight is 701 g/mol. The molecule has 262 valence electrons. The van der Waals surface area contributed by atoms with Crippen molar-refractivity contribution in [3.8, 4) is 0 Å². The molecule has 0 unspecified atom stereocenters. The maximum atomic E-state index is 13.0. The van der Waals surface area contributed by atoms with Gasteiger partial charge in [-0.05, 0) is 121 Å². The molecular weight excluding hydrogens is 661 g/mol. The molecule has 0 aliphatic heterocycles. The van der Waals surface area contributed by atoms with Crippen LogP contribution < -0.4 is 9.80 Å². The molecule has 7 aromatic carbocycles. The Hall–Kier alpha value is -7.04. The van der Waals surface area contributed by atoms with Crippen molar-refractivity contribution in [2.75, 3.05) is 9.80 Å². The minimum Gasteiger partial charge on any atom is -0.311 e. The van der Waals surface area contributed by atoms with E-state index in [1.165, 1.54) is 0 Å². The average Bonchev–Trinajstić information content (AvgIpc) is 3.22. The van der Waals surface area contributed by atoms with Crippen LogP contribution in [0.2, 0.25) is 0 Å². The molecule has 0 amide bonds. The van der Waals surface area contributed by atoms with Crippen molar-refractivity contribution >= 4 is 70.0 Å². The van der Waals surface area contributed by atoms with Crippen molar-refractivity contribution in [1.29, 1.82) is 0 Å². The second kappa shape index (κ2) is 16.5. The van der Waals surface area contributed by atoms with Crippen LogP contribution in [0.1, 0.15) is 56.8 Å². The predicted octanol–water partition coefficient (Wildman–Crippen LogP) is 13.4. The summed E-state index contributed by atoms with van der Waals surface area (Å²) < 4.78 is 0. The number of carbonyl (C=O) groups excluding carboxylic acids is 2. The molecule has 7 rings (SSSR count). The lowest BCUT2D eigenvalue weighted by Gasteiger charge is -2.25. The summed E-state index contributed by atoms with van der Waals surface area (Å²) in [7, 11) is 0. The first-order valence-corrected chi connectivity index (χ1v) is 18.0. The first-order valence-electron chi connectivity index (χ1n) is 18.0. The zero-order valence-corrected chi connectivity index (χ0v) is 30.3. The zero-order valence-electron chi connectivity index (χ0n) is 30.3. The number of rotatable bonds is 12. The van der Waals surface area contributed by atoms with Gasteiger partial charge in [0.05, 0.1) is 0 Å². The Kier molecular flexibility index (Phi) is 10.8. The van der Waals surface area contributed by atoms with E-state index in [0.717, 1.165) is 45.3 Å². The van der Waals surface area contributed by atoms with E-state index in [4.69, 9.17) is 0 Å². The number of nitrogens with zero attached hydrogens (tertiary/aromatic N) is 2. The molecule has 0 N–H and O–H groups in total. The van der Waals surface area contributed by atoms with E-state index in [-0.39, 0.29) is 11.6 Å². The highest BCUT2D eigenvalue weighted by Crippen LogP contribution is 2.36. The topological polar surface area (TPSA) is 40.6 Å². The molecule has 0 aromatic heterocycles. The van der Waals surface area contributed by atoms with Gasteiger partial charge >= 0.3 is 0 Å². The summed E-state index contributed by atoms with van der Waals surface area (Å²) in [4.78, 5) is 30.3. The summed E-state index contributed by atoms with van der Waals surface area (Å²) >= 11 is 0. The van der Waals surface area contributed by atoms with Crippen LogP contribution in [-0.4, -0.2) is 11.6 Å². The third kappa shape index (κ3) is 8.20. The van der Waals surface area contributed by atoms with Crippen molar-refractivity contribution in [1.82, 2.24) is 0 Å². The molecule has 0 aliphatic rings. The lowest BCUT2D eigenvalue weighted by atomic mass is 9.93. The molecule has 4 nitrogen and oxygen atoms in total. The lowest BCUT2D eigenvalue weighted by molar-refractivity contribution is 0.100. The van der Waals surface area contributed by atoms with Gasteiger partial charge in [-0.2, -0.15) is 0 Å². The van der Waals surface area contributed by atoms with Gasteiger partial charge < -0.3 is 9.80 Å². The monoisotopic (exact) mass is 700 g/mol. The first kappa shape index (κ1) is 35.4. The largest absolute Gasteiger partial charge is 0.311 e. The summed E-state index contributed by atoms with van der Waals surface area (Å²) in [5.74, 6) is -0.134. The zero-order chi connectivity index (χ0) is 37.3. The van der Waals surface area contributed by atoms with Gasteiger partial charge in [0.2, 0.25) is 0 Å². The Morgan fingerprint density at radius 2 is 0.611 bits per heavy atom. The molecule has 54 heavy (non-hydrogen) atoms. The third-order valence-corrected chi connectivity index (χ3v) is 9.25. The summed E-state index contributed by atoms with van der Waals surface area (Å²) in [5, 5.41) is 0. The van der Waals surface area contributed by atoms with Crippen LogP contribution in [0.25, 0.3) is 24.3 Å². The van der Waals surface area contributed by atoms with E-state index < -0.39 is 0 Å². The van der Waals surface area contributed by atoms with Crippen LogP contribution in [0.3, 0.4) is 0 Å². The maximum Gasteiger partial charge on any atom is 0.160 e. The molecule has 0 saturated carbocycles. The van der Waals surface area contributed by atoms with Crippen LogP contribution in [0.5, 0.6) is 0 Å². The fourth-order valence-corrected chi connectivity index (χ4v) is 6.56. The number of carbonyl (C=O) groups is 2. The van der Waals surface area contributed by atoms with E-state index in [1.807, 2.05) is 109 Å². The Morgan fingerprint density at radius 3 is 0.870 bits per heavy atom. The van der Waals surface area contributed by atoms with Gasteiger partial charge in [0.15, 0.2) is 11.6 Å². The fourth-order valence-electron chi connectivity index (χ4n) is 6.56. The Balaban J connectivity index is 1.14. The Labute approximate surface area is 317 Å². The van der Waals surface area contributed by atoms with Gasteiger partial charge in [0, 0.05) is 45.3 Å². The molecule has 0 saturated heterocycles. The van der Waals surface area contributed by atoms with Gasteiger partial charge in [-0.3, -0.25) is 9.59 Å². The normalized spacial score (nSPS) is 11.1. The van der Waals surface area contributed by atoms with Crippen molar-refractivity contribution in [3.63, 3.8) is 0 Å². The van der Waals surface area contributed by atoms with Crippen LogP contribution in [-0.2, 0) is 0 Å². The molecule has 0 radical (unpaired) electrons. The molecule has 0 atom stereocenters. The highest BCUT2D eigenvalue weighted by Gasteiger charge is 2.15. The van der Waals surface area contributed by atoms with Gasteiger partial charge in [-0.25, -0.2) is 0 Å². The molecule has 0 spiro atoms. The number of benzene rings is 7. The highest BCUT2D eigenvalue weighted by molar-refractivity contribution is 6.04. The molecule has 0 heterocycles. The van der Waals surface area contributed by atoms with Crippen LogP contribution in [0.15, 0.2) is 182 Å². The number of Topliss-reactive ketones (excluding diaryl/α,β-unsaturated/α-hetero) is 2. The maximum absolute atomic E-state index is 13.0. The highest BCUT2D eigenvalue weighted by atomic mass is 16.1. The molecule has 4 heteroatoms. The molecule has 0 aliphatic carbocycles. The number of hydrogen-bond acceptors (Lipinski definition) is 4. The van der Waals surface area contributed by atoms with E-state index in [9.17, 15) is 9.59 Å². The minimum atomic E-state index is -0.0672. The summed E-state index contributed by atoms with van der Waals surface area (Å²) in [6.07, 6.45) is 7.80. The van der Waals surface area contributed by atoms with Gasteiger partial charge in [-0.15, -0.1) is 0 Å². The second-order valence-corrected chi connectivity index (χ2v) is 13.0. The van der Waals surface area contributed by atoms with Gasteiger partial charge in [0.1, 0.15) is 0 Å². The third-order valence-electron chi connectivity index (χ3n) is 9.25. The number of anilines is 6. The van der Waals surface area contributed by atoms with Crippen LogP contribution in [0.4, 0.5) is 34.1 Å². The lowest BCUT2D eigenvalue weighted by Crippen LogP contribution is -2.09. The van der Waals surface area contributed by atoms with Crippen LogP contribution >= 0.6 is 0 Å². The van der Waals surface area contributed by atoms with Gasteiger partial charge in [-0.1, -0.05) is 121 Å². The first-order chi connectivity index (χ1) is 26.4. The molecule has 0 fully saturated rings. The van der Waals surface area contributed by atoms with Crippen molar-refractivity contribution < 1.29 is 9.59 Å². The predicted molar refractivity (Wildman–Crippen MR) is 227 cm³/mol. The minimum absolute atomic E-state index is 0.0672. The summed E-state index contributed by atoms with van der Waals surface area (Å²) in [5.41, 5.74) is 10.8. The van der Waals surface area contributed by atoms with Gasteiger partial charge in [0.25, 0.3) is 0 Å². The fraction of sp³-hybridized carbons (Fsp3) is 0.0400. The second-order valence-electron chi connectivity index (χ2n) is 13.0. The molecule has 7 aromatic rings.